The molecule has 118 valence electrons. The Balaban J connectivity index is 2.19. The maximum Gasteiger partial charge on any atom is 0.244 e. The van der Waals surface area contributed by atoms with E-state index in [0.717, 1.165) is 0 Å². The topological polar surface area (TPSA) is 80.3 Å². The van der Waals surface area contributed by atoms with Crippen LogP contribution in [0.25, 0.3) is 0 Å². The van der Waals surface area contributed by atoms with Crippen LogP contribution in [0.15, 0.2) is 23.4 Å². The first-order valence-electron chi connectivity index (χ1n) is 7.18. The zero-order valence-corrected chi connectivity index (χ0v) is 13.5. The van der Waals surface area contributed by atoms with Gasteiger partial charge in [-0.15, -0.1) is 0 Å². The van der Waals surface area contributed by atoms with Gasteiger partial charge < -0.3 is 10.1 Å². The number of pyridine rings is 1. The summed E-state index contributed by atoms with van der Waals surface area (Å²) in [6.07, 6.45) is 4.29. The third kappa shape index (κ3) is 4.15. The van der Waals surface area contributed by atoms with E-state index in [0.29, 0.717) is 31.7 Å². The van der Waals surface area contributed by atoms with Crippen LogP contribution in [0, 0.1) is 0 Å². The maximum atomic E-state index is 12.6. The SMILES string of the molecule is CCNc1ccncc1S(=O)(=O)NC1CCOC(C)(C)C1. The molecule has 2 rings (SSSR count). The molecule has 1 aliphatic heterocycles. The first kappa shape index (κ1) is 16.2. The minimum absolute atomic E-state index is 0.117. The van der Waals surface area contributed by atoms with Gasteiger partial charge in [0.15, 0.2) is 0 Å². The molecule has 0 amide bonds. The first-order chi connectivity index (χ1) is 9.84. The summed E-state index contributed by atoms with van der Waals surface area (Å²) in [5, 5.41) is 3.05. The molecule has 0 bridgehead atoms. The van der Waals surface area contributed by atoms with Gasteiger partial charge in [-0.05, 0) is 39.7 Å². The smallest absolute Gasteiger partial charge is 0.244 e. The van der Waals surface area contributed by atoms with Gasteiger partial charge in [0.05, 0.1) is 11.3 Å². The highest BCUT2D eigenvalue weighted by Gasteiger charge is 2.32. The van der Waals surface area contributed by atoms with Gasteiger partial charge in [0.1, 0.15) is 4.90 Å². The van der Waals surface area contributed by atoms with E-state index in [-0.39, 0.29) is 16.5 Å². The molecule has 1 aliphatic rings. The predicted octanol–water partition coefficient (Wildman–Crippen LogP) is 1.75. The number of rotatable bonds is 5. The van der Waals surface area contributed by atoms with E-state index >= 15 is 0 Å². The normalized spacial score (nSPS) is 22.0. The van der Waals surface area contributed by atoms with Crippen LogP contribution < -0.4 is 10.0 Å². The standard InChI is InChI=1S/C14H23N3O3S/c1-4-16-12-5-7-15-10-13(12)21(18,19)17-11-6-8-20-14(2,3)9-11/h5,7,10-11,17H,4,6,8-9H2,1-3H3,(H,15,16). The zero-order valence-electron chi connectivity index (χ0n) is 12.7. The van der Waals surface area contributed by atoms with E-state index in [1.54, 1.807) is 12.3 Å². The fourth-order valence-electron chi connectivity index (χ4n) is 2.55. The lowest BCUT2D eigenvalue weighted by Crippen LogP contribution is -2.45. The van der Waals surface area contributed by atoms with E-state index < -0.39 is 10.0 Å². The third-order valence-electron chi connectivity index (χ3n) is 3.46. The summed E-state index contributed by atoms with van der Waals surface area (Å²) >= 11 is 0. The molecule has 1 atom stereocenters. The molecule has 0 saturated carbocycles. The van der Waals surface area contributed by atoms with Gasteiger partial charge in [-0.1, -0.05) is 0 Å². The minimum atomic E-state index is -3.59. The van der Waals surface area contributed by atoms with Crippen LogP contribution in [0.5, 0.6) is 0 Å². The Labute approximate surface area is 126 Å². The van der Waals surface area contributed by atoms with Crippen molar-refractivity contribution in [3.63, 3.8) is 0 Å². The number of hydrogen-bond donors (Lipinski definition) is 2. The van der Waals surface area contributed by atoms with Crippen molar-refractivity contribution in [1.29, 1.82) is 0 Å². The summed E-state index contributed by atoms with van der Waals surface area (Å²) < 4.78 is 33.5. The van der Waals surface area contributed by atoms with Crippen LogP contribution >= 0.6 is 0 Å². The minimum Gasteiger partial charge on any atom is -0.384 e. The van der Waals surface area contributed by atoms with Gasteiger partial charge in [0, 0.05) is 31.6 Å². The van der Waals surface area contributed by atoms with Gasteiger partial charge >= 0.3 is 0 Å². The fraction of sp³-hybridized carbons (Fsp3) is 0.643. The van der Waals surface area contributed by atoms with E-state index in [9.17, 15) is 8.42 Å². The number of sulfonamides is 1. The van der Waals surface area contributed by atoms with Crippen molar-refractivity contribution in [3.05, 3.63) is 18.5 Å². The lowest BCUT2D eigenvalue weighted by molar-refractivity contribution is -0.0599. The first-order valence-corrected chi connectivity index (χ1v) is 8.66. The highest BCUT2D eigenvalue weighted by atomic mass is 32.2. The molecule has 0 aromatic carbocycles. The van der Waals surface area contributed by atoms with Crippen LogP contribution in [-0.4, -0.2) is 38.2 Å². The molecule has 0 radical (unpaired) electrons. The predicted molar refractivity (Wildman–Crippen MR) is 81.8 cm³/mol. The molecule has 1 aromatic rings. The Kier molecular flexibility index (Phi) is 4.85. The van der Waals surface area contributed by atoms with Crippen LogP contribution in [0.3, 0.4) is 0 Å². The number of anilines is 1. The summed E-state index contributed by atoms with van der Waals surface area (Å²) in [6.45, 7) is 7.08. The Morgan fingerprint density at radius 2 is 2.24 bits per heavy atom. The average molecular weight is 313 g/mol. The lowest BCUT2D eigenvalue weighted by Gasteiger charge is -2.35. The van der Waals surface area contributed by atoms with Crippen molar-refractivity contribution in [2.24, 2.45) is 0 Å². The van der Waals surface area contributed by atoms with E-state index in [1.807, 2.05) is 20.8 Å². The Hall–Kier alpha value is -1.18. The molecular formula is C14H23N3O3S. The van der Waals surface area contributed by atoms with E-state index in [4.69, 9.17) is 4.74 Å². The molecule has 2 N–H and O–H groups in total. The Bertz CT molecular complexity index is 587. The average Bonchev–Trinajstić information content (AvgIpc) is 2.38. The lowest BCUT2D eigenvalue weighted by atomic mass is 9.95. The van der Waals surface area contributed by atoms with Crippen LogP contribution in [0.1, 0.15) is 33.6 Å². The van der Waals surface area contributed by atoms with Crippen LogP contribution in [0.2, 0.25) is 0 Å². The van der Waals surface area contributed by atoms with Gasteiger partial charge in [0.2, 0.25) is 10.0 Å². The highest BCUT2D eigenvalue weighted by Crippen LogP contribution is 2.26. The van der Waals surface area contributed by atoms with Crippen molar-refractivity contribution in [1.82, 2.24) is 9.71 Å². The molecule has 1 fully saturated rings. The number of hydrogen-bond acceptors (Lipinski definition) is 5. The Morgan fingerprint density at radius 3 is 2.90 bits per heavy atom. The van der Waals surface area contributed by atoms with E-state index in [1.165, 1.54) is 6.20 Å². The molecule has 6 nitrogen and oxygen atoms in total. The zero-order chi connectivity index (χ0) is 15.5. The molecule has 0 aliphatic carbocycles. The number of nitrogens with zero attached hydrogens (tertiary/aromatic N) is 1. The fourth-order valence-corrected chi connectivity index (χ4v) is 3.94. The van der Waals surface area contributed by atoms with Gasteiger partial charge in [-0.25, -0.2) is 13.1 Å². The largest absolute Gasteiger partial charge is 0.384 e. The molecular weight excluding hydrogens is 290 g/mol. The van der Waals surface area contributed by atoms with Crippen molar-refractivity contribution >= 4 is 15.7 Å². The summed E-state index contributed by atoms with van der Waals surface area (Å²) in [6, 6.07) is 1.56. The number of ether oxygens (including phenoxy) is 1. The van der Waals surface area contributed by atoms with Gasteiger partial charge in [-0.3, -0.25) is 4.98 Å². The second-order valence-corrected chi connectivity index (χ2v) is 7.50. The summed E-state index contributed by atoms with van der Waals surface area (Å²) in [5.74, 6) is 0. The maximum absolute atomic E-state index is 12.6. The Morgan fingerprint density at radius 1 is 1.48 bits per heavy atom. The second kappa shape index (κ2) is 6.29. The molecule has 2 heterocycles. The van der Waals surface area contributed by atoms with Gasteiger partial charge in [0.25, 0.3) is 0 Å². The quantitative estimate of drug-likeness (QED) is 0.865. The highest BCUT2D eigenvalue weighted by molar-refractivity contribution is 7.89. The van der Waals surface area contributed by atoms with Crippen molar-refractivity contribution < 1.29 is 13.2 Å². The van der Waals surface area contributed by atoms with E-state index in [2.05, 4.69) is 15.0 Å². The van der Waals surface area contributed by atoms with Crippen molar-refractivity contribution in [3.8, 4) is 0 Å². The molecule has 21 heavy (non-hydrogen) atoms. The van der Waals surface area contributed by atoms with Crippen LogP contribution in [0.4, 0.5) is 5.69 Å². The molecule has 0 spiro atoms. The molecule has 1 saturated heterocycles. The molecule has 1 aromatic heterocycles. The number of nitrogens with one attached hydrogen (secondary N) is 2. The summed E-state index contributed by atoms with van der Waals surface area (Å²) in [4.78, 5) is 4.12. The van der Waals surface area contributed by atoms with Crippen molar-refractivity contribution in [2.75, 3.05) is 18.5 Å². The third-order valence-corrected chi connectivity index (χ3v) is 5.01. The molecule has 7 heteroatoms. The van der Waals surface area contributed by atoms with Gasteiger partial charge in [-0.2, -0.15) is 0 Å². The summed E-state index contributed by atoms with van der Waals surface area (Å²) in [5.41, 5.74) is 0.275. The monoisotopic (exact) mass is 313 g/mol. The molecule has 1 unspecified atom stereocenters. The summed E-state index contributed by atoms with van der Waals surface area (Å²) in [7, 11) is -3.59. The number of aromatic nitrogens is 1. The van der Waals surface area contributed by atoms with Crippen molar-refractivity contribution in [2.45, 2.75) is 50.2 Å². The van der Waals surface area contributed by atoms with Crippen LogP contribution in [-0.2, 0) is 14.8 Å². The second-order valence-electron chi connectivity index (χ2n) is 5.82.